The molecule has 0 aliphatic carbocycles. The molecule has 7 heteroatoms. The standard InChI is InChI=1S/C21H19N3O3S/c1-15-9-11-17(12-10-15)27-14-19(25)24-21(22-16-6-3-2-4-7-16)28-20(23-24)18-8-5-13-26-18/h2-13,20,23H,14H2,1H3. The first-order valence-electron chi connectivity index (χ1n) is 8.81. The molecule has 1 amide bonds. The summed E-state index contributed by atoms with van der Waals surface area (Å²) in [5, 5.41) is 1.74. The highest BCUT2D eigenvalue weighted by molar-refractivity contribution is 8.14. The van der Waals surface area contributed by atoms with E-state index >= 15 is 0 Å². The highest BCUT2D eigenvalue weighted by Crippen LogP contribution is 2.35. The average molecular weight is 393 g/mol. The Hall–Kier alpha value is -3.03. The van der Waals surface area contributed by atoms with Gasteiger partial charge >= 0.3 is 0 Å². The van der Waals surface area contributed by atoms with Gasteiger partial charge in [-0.25, -0.2) is 15.4 Å². The molecular weight excluding hydrogens is 374 g/mol. The van der Waals surface area contributed by atoms with Crippen molar-refractivity contribution in [1.82, 2.24) is 10.4 Å². The number of hydrogen-bond donors (Lipinski definition) is 1. The lowest BCUT2D eigenvalue weighted by Crippen LogP contribution is -2.43. The Bertz CT molecular complexity index is 956. The van der Waals surface area contributed by atoms with E-state index < -0.39 is 0 Å². The lowest BCUT2D eigenvalue weighted by atomic mass is 10.2. The molecule has 6 nitrogen and oxygen atoms in total. The molecule has 28 heavy (non-hydrogen) atoms. The van der Waals surface area contributed by atoms with Crippen molar-refractivity contribution in [3.63, 3.8) is 0 Å². The summed E-state index contributed by atoms with van der Waals surface area (Å²) in [5.74, 6) is 1.13. The van der Waals surface area contributed by atoms with Crippen LogP contribution >= 0.6 is 11.8 Å². The number of furan rings is 1. The van der Waals surface area contributed by atoms with Crippen LogP contribution in [0.5, 0.6) is 5.75 Å². The predicted molar refractivity (Wildman–Crippen MR) is 109 cm³/mol. The number of aliphatic imine (C=N–C) groups is 1. The van der Waals surface area contributed by atoms with Crippen LogP contribution in [0.15, 0.2) is 82.4 Å². The summed E-state index contributed by atoms with van der Waals surface area (Å²) in [7, 11) is 0. The summed E-state index contributed by atoms with van der Waals surface area (Å²) in [4.78, 5) is 17.4. The van der Waals surface area contributed by atoms with Crippen LogP contribution in [0, 0.1) is 6.92 Å². The fourth-order valence-electron chi connectivity index (χ4n) is 2.63. The summed E-state index contributed by atoms with van der Waals surface area (Å²) in [6.07, 6.45) is 1.61. The van der Waals surface area contributed by atoms with Gasteiger partial charge in [0.25, 0.3) is 5.91 Å². The third-order valence-corrected chi connectivity index (χ3v) is 5.13. The van der Waals surface area contributed by atoms with Crippen LogP contribution < -0.4 is 10.2 Å². The number of nitrogens with one attached hydrogen (secondary N) is 1. The molecule has 1 atom stereocenters. The molecule has 1 unspecified atom stereocenters. The van der Waals surface area contributed by atoms with Gasteiger partial charge in [0.2, 0.25) is 0 Å². The molecule has 1 aromatic heterocycles. The van der Waals surface area contributed by atoms with Gasteiger partial charge in [-0.15, -0.1) is 0 Å². The molecule has 1 aliphatic rings. The number of aryl methyl sites for hydroxylation is 1. The van der Waals surface area contributed by atoms with Crippen molar-refractivity contribution in [1.29, 1.82) is 0 Å². The lowest BCUT2D eigenvalue weighted by molar-refractivity contribution is -0.131. The van der Waals surface area contributed by atoms with Crippen LogP contribution in [-0.4, -0.2) is 22.7 Å². The third kappa shape index (κ3) is 4.27. The molecule has 1 N–H and O–H groups in total. The fourth-order valence-corrected chi connectivity index (χ4v) is 3.67. The normalized spacial score (nSPS) is 17.8. The van der Waals surface area contributed by atoms with Crippen molar-refractivity contribution < 1.29 is 13.9 Å². The molecule has 142 valence electrons. The van der Waals surface area contributed by atoms with Crippen LogP contribution in [0.4, 0.5) is 5.69 Å². The fraction of sp³-hybridized carbons (Fsp3) is 0.143. The molecule has 2 heterocycles. The van der Waals surface area contributed by atoms with Crippen LogP contribution in [0.3, 0.4) is 0 Å². The Kier molecular flexibility index (Phi) is 5.45. The number of rotatable bonds is 5. The van der Waals surface area contributed by atoms with Crippen molar-refractivity contribution in [3.05, 3.63) is 84.3 Å². The number of hydrazine groups is 1. The zero-order valence-electron chi connectivity index (χ0n) is 15.2. The van der Waals surface area contributed by atoms with Gasteiger partial charge in [0.05, 0.1) is 12.0 Å². The van der Waals surface area contributed by atoms with Gasteiger partial charge in [-0.2, -0.15) is 0 Å². The zero-order valence-corrected chi connectivity index (χ0v) is 16.1. The highest BCUT2D eigenvalue weighted by atomic mass is 32.2. The smallest absolute Gasteiger partial charge is 0.281 e. The lowest BCUT2D eigenvalue weighted by Gasteiger charge is -2.17. The molecular formula is C21H19N3O3S. The Morgan fingerprint density at radius 3 is 2.64 bits per heavy atom. The second-order valence-electron chi connectivity index (χ2n) is 6.20. The number of benzene rings is 2. The average Bonchev–Trinajstić information content (AvgIpc) is 3.38. The van der Waals surface area contributed by atoms with Gasteiger partial charge in [0.1, 0.15) is 16.9 Å². The van der Waals surface area contributed by atoms with E-state index in [9.17, 15) is 4.79 Å². The molecule has 1 fully saturated rings. The maximum absolute atomic E-state index is 12.8. The molecule has 1 aliphatic heterocycles. The first kappa shape index (κ1) is 18.3. The number of thioether (sulfide) groups is 1. The molecule has 1 saturated heterocycles. The van der Waals surface area contributed by atoms with Gasteiger partial charge < -0.3 is 9.15 Å². The van der Waals surface area contributed by atoms with Crippen LogP contribution in [0.25, 0.3) is 0 Å². The van der Waals surface area contributed by atoms with E-state index in [1.165, 1.54) is 16.8 Å². The van der Waals surface area contributed by atoms with E-state index in [4.69, 9.17) is 9.15 Å². The Balaban J connectivity index is 1.52. The van der Waals surface area contributed by atoms with Gasteiger partial charge in [-0.1, -0.05) is 47.7 Å². The van der Waals surface area contributed by atoms with Crippen molar-refractivity contribution in [2.45, 2.75) is 12.3 Å². The van der Waals surface area contributed by atoms with Crippen LogP contribution in [0.2, 0.25) is 0 Å². The first-order valence-corrected chi connectivity index (χ1v) is 9.69. The van der Waals surface area contributed by atoms with E-state index in [0.29, 0.717) is 10.9 Å². The number of carbonyl (C=O) groups is 1. The SMILES string of the molecule is Cc1ccc(OCC(=O)N2NC(c3ccco3)SC2=Nc2ccccc2)cc1. The molecule has 3 aromatic rings. The number of para-hydroxylation sites is 1. The second kappa shape index (κ2) is 8.33. The summed E-state index contributed by atoms with van der Waals surface area (Å²) in [6, 6.07) is 20.8. The minimum Gasteiger partial charge on any atom is -0.484 e. The minimum atomic E-state index is -0.239. The van der Waals surface area contributed by atoms with Gasteiger partial charge in [-0.05, 0) is 43.3 Å². The summed E-state index contributed by atoms with van der Waals surface area (Å²) in [5.41, 5.74) is 5.05. The predicted octanol–water partition coefficient (Wildman–Crippen LogP) is 4.43. The Labute approximate surface area is 167 Å². The molecule has 4 rings (SSSR count). The molecule has 0 radical (unpaired) electrons. The molecule has 0 saturated carbocycles. The maximum atomic E-state index is 12.8. The molecule has 2 aromatic carbocycles. The number of amidine groups is 1. The third-order valence-electron chi connectivity index (χ3n) is 4.08. The Morgan fingerprint density at radius 2 is 1.93 bits per heavy atom. The number of carbonyl (C=O) groups excluding carboxylic acids is 1. The van der Waals surface area contributed by atoms with Gasteiger partial charge in [0.15, 0.2) is 11.8 Å². The first-order chi connectivity index (χ1) is 13.7. The highest BCUT2D eigenvalue weighted by Gasteiger charge is 2.35. The van der Waals surface area contributed by atoms with Crippen molar-refractivity contribution >= 4 is 28.5 Å². The van der Waals surface area contributed by atoms with E-state index in [1.54, 1.807) is 6.26 Å². The quantitative estimate of drug-likeness (QED) is 0.694. The molecule has 0 bridgehead atoms. The van der Waals surface area contributed by atoms with E-state index in [1.807, 2.05) is 73.7 Å². The number of nitrogens with zero attached hydrogens (tertiary/aromatic N) is 2. The van der Waals surface area contributed by atoms with Crippen LogP contribution in [0.1, 0.15) is 16.7 Å². The number of amides is 1. The van der Waals surface area contributed by atoms with Gasteiger partial charge in [0, 0.05) is 0 Å². The summed E-state index contributed by atoms with van der Waals surface area (Å²) >= 11 is 1.42. The zero-order chi connectivity index (χ0) is 19.3. The van der Waals surface area contributed by atoms with Crippen molar-refractivity contribution in [2.24, 2.45) is 4.99 Å². The number of hydrogen-bond acceptors (Lipinski definition) is 6. The van der Waals surface area contributed by atoms with E-state index in [2.05, 4.69) is 10.4 Å². The minimum absolute atomic E-state index is 0.102. The topological polar surface area (TPSA) is 67.1 Å². The Morgan fingerprint density at radius 1 is 1.14 bits per heavy atom. The van der Waals surface area contributed by atoms with Crippen molar-refractivity contribution in [2.75, 3.05) is 6.61 Å². The van der Waals surface area contributed by atoms with Crippen molar-refractivity contribution in [3.8, 4) is 5.75 Å². The largest absolute Gasteiger partial charge is 0.484 e. The monoisotopic (exact) mass is 393 g/mol. The van der Waals surface area contributed by atoms with Crippen LogP contribution in [-0.2, 0) is 4.79 Å². The second-order valence-corrected chi connectivity index (χ2v) is 7.28. The summed E-state index contributed by atoms with van der Waals surface area (Å²) in [6.45, 7) is 1.90. The molecule has 0 spiro atoms. The maximum Gasteiger partial charge on any atom is 0.281 e. The van der Waals surface area contributed by atoms with E-state index in [-0.39, 0.29) is 17.9 Å². The van der Waals surface area contributed by atoms with E-state index in [0.717, 1.165) is 17.0 Å². The van der Waals surface area contributed by atoms with Gasteiger partial charge in [-0.3, -0.25) is 4.79 Å². The number of ether oxygens (including phenoxy) is 1. The summed E-state index contributed by atoms with van der Waals surface area (Å²) < 4.78 is 11.1.